The van der Waals surface area contributed by atoms with Gasteiger partial charge < -0.3 is 19.5 Å². The number of thiocarbonyl (C=S) groups is 1. The maximum Gasteiger partial charge on any atom is 0.228 e. The van der Waals surface area contributed by atoms with Crippen molar-refractivity contribution in [1.82, 2.24) is 14.5 Å². The van der Waals surface area contributed by atoms with Crippen molar-refractivity contribution in [3.63, 3.8) is 0 Å². The molecule has 1 aromatic heterocycles. The second-order valence-electron chi connectivity index (χ2n) is 8.06. The highest BCUT2D eigenvalue weighted by Gasteiger charge is 2.25. The molecule has 0 aliphatic rings. The fourth-order valence-corrected chi connectivity index (χ4v) is 5.38. The number of aromatic nitrogens is 2. The number of rotatable bonds is 10. The summed E-state index contributed by atoms with van der Waals surface area (Å²) in [6.45, 7) is 8.57. The van der Waals surface area contributed by atoms with Gasteiger partial charge in [-0.3, -0.25) is 0 Å². The number of methoxy groups -OCH3 is 1. The Balaban J connectivity index is 1.84. The molecule has 1 N–H and O–H groups in total. The van der Waals surface area contributed by atoms with Crippen LogP contribution in [0.15, 0.2) is 78.6 Å². The van der Waals surface area contributed by atoms with Gasteiger partial charge in [-0.15, -0.1) is 6.58 Å². The van der Waals surface area contributed by atoms with Crippen molar-refractivity contribution >= 4 is 32.9 Å². The Kier molecular flexibility index (Phi) is 8.46. The third-order valence-corrected chi connectivity index (χ3v) is 7.18. The van der Waals surface area contributed by atoms with E-state index in [4.69, 9.17) is 17.0 Å². The average molecular weight is 499 g/mol. The Labute approximate surface area is 207 Å². The van der Waals surface area contributed by atoms with Crippen molar-refractivity contribution in [3.05, 3.63) is 84.7 Å². The van der Waals surface area contributed by atoms with Crippen molar-refractivity contribution in [2.75, 3.05) is 12.4 Å². The minimum absolute atomic E-state index is 0.0315. The van der Waals surface area contributed by atoms with Crippen LogP contribution in [0.5, 0.6) is 5.75 Å². The molecule has 0 spiro atoms. The Hall–Kier alpha value is -3.17. The molecule has 180 valence electrons. The van der Waals surface area contributed by atoms with E-state index >= 15 is 0 Å². The molecule has 3 aromatic rings. The molecule has 0 aliphatic carbocycles. The molecule has 7 nitrogen and oxygen atoms in total. The maximum atomic E-state index is 13.2. The summed E-state index contributed by atoms with van der Waals surface area (Å²) in [5, 5.41) is 3.81. The lowest BCUT2D eigenvalue weighted by Crippen LogP contribution is -2.39. The molecule has 34 heavy (non-hydrogen) atoms. The maximum absolute atomic E-state index is 13.2. The van der Waals surface area contributed by atoms with E-state index in [2.05, 4.69) is 16.9 Å². The van der Waals surface area contributed by atoms with Gasteiger partial charge in [0.05, 0.1) is 31.3 Å². The van der Waals surface area contributed by atoms with Gasteiger partial charge in [0.2, 0.25) is 15.0 Å². The minimum atomic E-state index is -3.65. The van der Waals surface area contributed by atoms with E-state index in [0.717, 1.165) is 17.1 Å². The van der Waals surface area contributed by atoms with Crippen LogP contribution >= 0.6 is 12.2 Å². The van der Waals surface area contributed by atoms with E-state index in [-0.39, 0.29) is 17.0 Å². The van der Waals surface area contributed by atoms with Gasteiger partial charge >= 0.3 is 0 Å². The highest BCUT2D eigenvalue weighted by Crippen LogP contribution is 2.21. The number of allylic oxidation sites excluding steroid dienone is 1. The Morgan fingerprint density at radius 1 is 1.21 bits per heavy atom. The number of nitrogens with one attached hydrogen (secondary N) is 1. The number of benzene rings is 2. The van der Waals surface area contributed by atoms with Gasteiger partial charge in [0.25, 0.3) is 0 Å². The molecule has 0 unspecified atom stereocenters. The number of ether oxygens (including phenoxy) is 1. The fourth-order valence-electron chi connectivity index (χ4n) is 3.48. The molecule has 0 fully saturated rings. The van der Waals surface area contributed by atoms with Crippen LogP contribution in [-0.2, 0) is 28.7 Å². The van der Waals surface area contributed by atoms with Gasteiger partial charge in [0.1, 0.15) is 5.75 Å². The molecule has 0 radical (unpaired) electrons. The number of imidazole rings is 1. The molecule has 0 aliphatic heterocycles. The van der Waals surface area contributed by atoms with Crippen molar-refractivity contribution in [1.29, 1.82) is 0 Å². The Bertz CT molecular complexity index is 1220. The van der Waals surface area contributed by atoms with Gasteiger partial charge in [-0.05, 0) is 55.9 Å². The Morgan fingerprint density at radius 2 is 1.88 bits per heavy atom. The summed E-state index contributed by atoms with van der Waals surface area (Å²) in [6.07, 6.45) is 3.27. The summed E-state index contributed by atoms with van der Waals surface area (Å²) in [5.74, 6) is 0.641. The largest absolute Gasteiger partial charge is 0.497 e. The smallest absolute Gasteiger partial charge is 0.228 e. The zero-order valence-electron chi connectivity index (χ0n) is 19.6. The first-order chi connectivity index (χ1) is 16.2. The molecule has 0 amide bonds. The molecule has 3 rings (SSSR count). The predicted octanol–water partition coefficient (Wildman–Crippen LogP) is 4.66. The average Bonchev–Trinajstić information content (AvgIpc) is 3.21. The molecule has 0 saturated carbocycles. The summed E-state index contributed by atoms with van der Waals surface area (Å²) in [5.41, 5.74) is 2.28. The van der Waals surface area contributed by atoms with Crippen LogP contribution in [0, 0.1) is 0 Å². The van der Waals surface area contributed by atoms with Gasteiger partial charge in [-0.2, -0.15) is 0 Å². The second kappa shape index (κ2) is 11.3. The first-order valence-corrected chi connectivity index (χ1v) is 12.9. The fraction of sp³-hybridized carbons (Fsp3) is 0.280. The molecule has 0 saturated heterocycles. The summed E-state index contributed by atoms with van der Waals surface area (Å²) in [4.78, 5) is 6.29. The van der Waals surface area contributed by atoms with Crippen molar-refractivity contribution < 1.29 is 13.2 Å². The summed E-state index contributed by atoms with van der Waals surface area (Å²) in [7, 11) is -2.03. The summed E-state index contributed by atoms with van der Waals surface area (Å²) in [6, 6.07) is 16.6. The third-order valence-electron chi connectivity index (χ3n) is 5.25. The number of hydrogen-bond donors (Lipinski definition) is 1. The van der Waals surface area contributed by atoms with E-state index in [1.165, 1.54) is 0 Å². The van der Waals surface area contributed by atoms with Crippen LogP contribution in [0.25, 0.3) is 0 Å². The van der Waals surface area contributed by atoms with E-state index in [1.54, 1.807) is 36.1 Å². The molecular formula is C25H30N4O3S2. The lowest BCUT2D eigenvalue weighted by Gasteiger charge is -2.30. The van der Waals surface area contributed by atoms with Crippen molar-refractivity contribution in [2.24, 2.45) is 0 Å². The van der Waals surface area contributed by atoms with Gasteiger partial charge in [-0.25, -0.2) is 13.4 Å². The standard InChI is InChI=1S/C25H30N4O3S2/c1-5-15-28-22(16-26-25(28)34(30,31)18-20-9-7-6-8-10-20)17-29(19(2)3)24(33)27-21-11-13-23(32-4)14-12-21/h5-14,16,19H,1,15,17-18H2,2-4H3,(H,27,33). The number of hydrogen-bond acceptors (Lipinski definition) is 5. The van der Waals surface area contributed by atoms with Gasteiger partial charge in [0.15, 0.2) is 5.11 Å². The molecule has 2 aromatic carbocycles. The number of anilines is 1. The normalized spacial score (nSPS) is 11.3. The van der Waals surface area contributed by atoms with Crippen LogP contribution in [0.1, 0.15) is 25.1 Å². The number of nitrogens with zero attached hydrogens (tertiary/aromatic N) is 3. The van der Waals surface area contributed by atoms with Crippen molar-refractivity contribution in [3.8, 4) is 5.75 Å². The van der Waals surface area contributed by atoms with Crippen LogP contribution in [0.2, 0.25) is 0 Å². The summed E-state index contributed by atoms with van der Waals surface area (Å²) >= 11 is 5.68. The van der Waals surface area contributed by atoms with Crippen LogP contribution in [-0.4, -0.2) is 41.1 Å². The highest BCUT2D eigenvalue weighted by atomic mass is 32.2. The highest BCUT2D eigenvalue weighted by molar-refractivity contribution is 7.90. The van der Waals surface area contributed by atoms with Gasteiger partial charge in [-0.1, -0.05) is 36.4 Å². The molecule has 0 atom stereocenters. The molecule has 9 heteroatoms. The van der Waals surface area contributed by atoms with Crippen LogP contribution in [0.4, 0.5) is 5.69 Å². The third kappa shape index (κ3) is 6.24. The topological polar surface area (TPSA) is 76.5 Å². The summed E-state index contributed by atoms with van der Waals surface area (Å²) < 4.78 is 33.3. The van der Waals surface area contributed by atoms with E-state index in [1.807, 2.05) is 61.2 Å². The minimum Gasteiger partial charge on any atom is -0.497 e. The van der Waals surface area contributed by atoms with Crippen LogP contribution in [0.3, 0.4) is 0 Å². The Morgan fingerprint density at radius 3 is 2.47 bits per heavy atom. The predicted molar refractivity (Wildman–Crippen MR) is 140 cm³/mol. The number of sulfone groups is 1. The van der Waals surface area contributed by atoms with E-state index in [9.17, 15) is 8.42 Å². The zero-order valence-corrected chi connectivity index (χ0v) is 21.3. The molecular weight excluding hydrogens is 468 g/mol. The quantitative estimate of drug-likeness (QED) is 0.322. The lowest BCUT2D eigenvalue weighted by molar-refractivity contribution is 0.338. The van der Waals surface area contributed by atoms with Crippen molar-refractivity contribution in [2.45, 2.75) is 43.9 Å². The monoisotopic (exact) mass is 498 g/mol. The molecule has 0 bridgehead atoms. The van der Waals surface area contributed by atoms with Gasteiger partial charge in [0, 0.05) is 18.3 Å². The SMILES string of the molecule is C=CCn1c(CN(C(=S)Nc2ccc(OC)cc2)C(C)C)cnc1S(=O)(=O)Cc1ccccc1. The van der Waals surface area contributed by atoms with E-state index < -0.39 is 9.84 Å². The lowest BCUT2D eigenvalue weighted by atomic mass is 10.2. The van der Waals surface area contributed by atoms with E-state index in [0.29, 0.717) is 23.8 Å². The first kappa shape index (κ1) is 25.5. The first-order valence-electron chi connectivity index (χ1n) is 10.9. The zero-order chi connectivity index (χ0) is 24.7. The molecule has 1 heterocycles. The van der Waals surface area contributed by atoms with Crippen LogP contribution < -0.4 is 10.1 Å². The second-order valence-corrected chi connectivity index (χ2v) is 10.3.